The van der Waals surface area contributed by atoms with Crippen LogP contribution in [0.4, 0.5) is 0 Å². The molecule has 284 valence electrons. The maximum absolute atomic E-state index is 9.40. The fraction of sp³-hybridized carbons (Fsp3) is 0. The van der Waals surface area contributed by atoms with Crippen molar-refractivity contribution < 1.29 is 14.0 Å². The van der Waals surface area contributed by atoms with Crippen molar-refractivity contribution >= 4 is 54.3 Å². The van der Waals surface area contributed by atoms with Crippen LogP contribution in [0, 0.1) is 0 Å². The molecule has 61 heavy (non-hydrogen) atoms. The average Bonchev–Trinajstić information content (AvgIpc) is 3.77. The Kier molecular flexibility index (Phi) is 6.61. The van der Waals surface area contributed by atoms with Gasteiger partial charge in [0.15, 0.2) is 17.5 Å². The molecule has 0 N–H and O–H groups in total. The predicted octanol–water partition coefficient (Wildman–Crippen LogP) is 15.2. The van der Waals surface area contributed by atoms with Crippen molar-refractivity contribution in [3.05, 3.63) is 212 Å². The van der Waals surface area contributed by atoms with Crippen LogP contribution >= 0.6 is 0 Å². The zero-order chi connectivity index (χ0) is 46.4. The molecule has 0 spiro atoms. The standard InChI is InChI=1S/C57H35N3O/c1-3-13-38-32-44(28-23-36(38)11-1)48-17-5-6-18-50(48)57-59-55(58-56(60-57)47-30-24-37-12-2-4-14-39(37)34-47)46-16-9-15-40(35-46)41-25-26-43-33-45(29-27-42(43)31-41)49-20-10-22-53-54(49)51-19-7-8-21-52(51)61-53/h1-35H/i2D,4D,12D,14D,24D,30D,34D. The van der Waals surface area contributed by atoms with E-state index in [9.17, 15) is 2.74 Å². The molecule has 12 aromatic rings. The second-order valence-electron chi connectivity index (χ2n) is 15.0. The summed E-state index contributed by atoms with van der Waals surface area (Å²) in [5.74, 6) is 0.453. The van der Waals surface area contributed by atoms with E-state index in [0.29, 0.717) is 11.1 Å². The zero-order valence-electron chi connectivity index (χ0n) is 39.4. The molecule has 0 fully saturated rings. The van der Waals surface area contributed by atoms with Gasteiger partial charge in [-0.15, -0.1) is 0 Å². The van der Waals surface area contributed by atoms with Gasteiger partial charge >= 0.3 is 0 Å². The topological polar surface area (TPSA) is 51.8 Å². The Morgan fingerprint density at radius 3 is 1.79 bits per heavy atom. The molecule has 0 aliphatic heterocycles. The highest BCUT2D eigenvalue weighted by atomic mass is 16.3. The van der Waals surface area contributed by atoms with Gasteiger partial charge < -0.3 is 4.42 Å². The van der Waals surface area contributed by atoms with Crippen LogP contribution in [0.25, 0.3) is 122 Å². The molecule has 0 bridgehead atoms. The molecule has 4 heteroatoms. The molecule has 0 radical (unpaired) electrons. The number of hydrogen-bond donors (Lipinski definition) is 0. The van der Waals surface area contributed by atoms with Crippen molar-refractivity contribution in [2.24, 2.45) is 0 Å². The Labute approximate surface area is 361 Å². The highest BCUT2D eigenvalue weighted by Gasteiger charge is 2.18. The lowest BCUT2D eigenvalue weighted by atomic mass is 9.95. The summed E-state index contributed by atoms with van der Waals surface area (Å²) in [6.45, 7) is 0. The molecule has 2 aromatic heterocycles. The molecule has 10 aromatic carbocycles. The van der Waals surface area contributed by atoms with Gasteiger partial charge in [-0.2, -0.15) is 0 Å². The number of fused-ring (bicyclic) bond motifs is 6. The van der Waals surface area contributed by atoms with Crippen LogP contribution in [0.15, 0.2) is 217 Å². The molecule has 0 aliphatic carbocycles. The normalized spacial score (nSPS) is 13.2. The van der Waals surface area contributed by atoms with Crippen LogP contribution in [-0.4, -0.2) is 15.0 Å². The Balaban J connectivity index is 1.01. The molecule has 0 amide bonds. The second-order valence-corrected chi connectivity index (χ2v) is 15.0. The number of hydrogen-bond acceptors (Lipinski definition) is 4. The monoisotopic (exact) mass is 784 g/mol. The fourth-order valence-electron chi connectivity index (χ4n) is 8.36. The van der Waals surface area contributed by atoms with Crippen molar-refractivity contribution in [3.8, 4) is 67.5 Å². The molecule has 0 unspecified atom stereocenters. The molecular formula is C57H35N3O. The molecule has 0 saturated heterocycles. The van der Waals surface area contributed by atoms with Crippen LogP contribution in [0.5, 0.6) is 0 Å². The number of aromatic nitrogens is 3. The first-order valence-electron chi connectivity index (χ1n) is 23.5. The summed E-state index contributed by atoms with van der Waals surface area (Å²) in [7, 11) is 0. The lowest BCUT2D eigenvalue weighted by Crippen LogP contribution is -2.01. The van der Waals surface area contributed by atoms with Crippen LogP contribution in [0.1, 0.15) is 9.60 Å². The van der Waals surface area contributed by atoms with Crippen LogP contribution in [-0.2, 0) is 0 Å². The van der Waals surface area contributed by atoms with Crippen molar-refractivity contribution in [2.45, 2.75) is 0 Å². The maximum Gasteiger partial charge on any atom is 0.164 e. The Bertz CT molecular complexity index is 4090. The summed E-state index contributed by atoms with van der Waals surface area (Å²) in [6, 6.07) is 53.8. The van der Waals surface area contributed by atoms with E-state index in [1.54, 1.807) is 0 Å². The third kappa shape index (κ3) is 6.21. The fourth-order valence-corrected chi connectivity index (χ4v) is 8.36. The summed E-state index contributed by atoms with van der Waals surface area (Å²) >= 11 is 0. The van der Waals surface area contributed by atoms with Crippen LogP contribution in [0.3, 0.4) is 0 Å². The minimum absolute atomic E-state index is 0.0675. The second kappa shape index (κ2) is 14.3. The largest absolute Gasteiger partial charge is 0.456 e. The number of para-hydroxylation sites is 1. The molecule has 0 aliphatic rings. The van der Waals surface area contributed by atoms with Gasteiger partial charge in [0.05, 0.1) is 9.60 Å². The summed E-state index contributed by atoms with van der Waals surface area (Å²) in [5, 5.41) is 6.08. The Morgan fingerprint density at radius 1 is 0.344 bits per heavy atom. The van der Waals surface area contributed by atoms with Gasteiger partial charge in [-0.1, -0.05) is 170 Å². The average molecular weight is 785 g/mol. The number of furan rings is 1. The molecule has 12 rings (SSSR count). The van der Waals surface area contributed by atoms with Crippen LogP contribution in [0.2, 0.25) is 0 Å². The van der Waals surface area contributed by atoms with Gasteiger partial charge in [-0.3, -0.25) is 0 Å². The minimum atomic E-state index is -0.536. The molecule has 0 saturated carbocycles. The van der Waals surface area contributed by atoms with Crippen LogP contribution < -0.4 is 0 Å². The minimum Gasteiger partial charge on any atom is -0.456 e. The van der Waals surface area contributed by atoms with Gasteiger partial charge in [0.2, 0.25) is 0 Å². The Morgan fingerprint density at radius 2 is 0.918 bits per heavy atom. The van der Waals surface area contributed by atoms with E-state index < -0.39 is 36.3 Å². The predicted molar refractivity (Wildman–Crippen MR) is 252 cm³/mol. The molecular weight excluding hydrogens is 743 g/mol. The number of rotatable bonds is 6. The SMILES string of the molecule is [2H]c1c([2H])c([2H])c2c([2H])c(-c3nc(-c4cccc(-c5ccc6cc(-c7cccc8oc9ccccc9c78)ccc6c5)c4)nc(-c4ccccc4-c4ccc5ccccc5c4)n3)c([2H])c([2H])c2c1[2H]. The maximum atomic E-state index is 9.40. The first-order chi connectivity index (χ1) is 33.1. The molecule has 2 heterocycles. The van der Waals surface area contributed by atoms with Gasteiger partial charge in [0.25, 0.3) is 0 Å². The quantitative estimate of drug-likeness (QED) is 0.168. The third-order valence-corrected chi connectivity index (χ3v) is 11.3. The van der Waals surface area contributed by atoms with E-state index in [2.05, 4.69) is 72.8 Å². The van der Waals surface area contributed by atoms with E-state index in [4.69, 9.17) is 26.2 Å². The molecule has 0 atom stereocenters. The Hall–Kier alpha value is -8.21. The van der Waals surface area contributed by atoms with E-state index in [1.165, 1.54) is 0 Å². The lowest BCUT2D eigenvalue weighted by molar-refractivity contribution is 0.669. The van der Waals surface area contributed by atoms with Crippen molar-refractivity contribution in [3.63, 3.8) is 0 Å². The van der Waals surface area contributed by atoms with Crippen molar-refractivity contribution in [2.75, 3.05) is 0 Å². The summed E-state index contributed by atoms with van der Waals surface area (Å²) in [6.07, 6.45) is 0. The van der Waals surface area contributed by atoms with Crippen molar-refractivity contribution in [1.82, 2.24) is 15.0 Å². The van der Waals surface area contributed by atoms with E-state index in [-0.39, 0.29) is 39.9 Å². The van der Waals surface area contributed by atoms with E-state index >= 15 is 0 Å². The number of benzene rings is 10. The highest BCUT2D eigenvalue weighted by Crippen LogP contribution is 2.39. The summed E-state index contributed by atoms with van der Waals surface area (Å²) < 4.78 is 67.9. The highest BCUT2D eigenvalue weighted by molar-refractivity contribution is 6.13. The summed E-state index contributed by atoms with van der Waals surface area (Å²) in [4.78, 5) is 14.9. The van der Waals surface area contributed by atoms with E-state index in [1.807, 2.05) is 97.1 Å². The van der Waals surface area contributed by atoms with Gasteiger partial charge in [-0.25, -0.2) is 15.0 Å². The van der Waals surface area contributed by atoms with Crippen molar-refractivity contribution in [1.29, 1.82) is 0 Å². The first kappa shape index (κ1) is 28.3. The number of nitrogens with zero attached hydrogens (tertiary/aromatic N) is 3. The first-order valence-corrected chi connectivity index (χ1v) is 20.0. The molecule has 4 nitrogen and oxygen atoms in total. The van der Waals surface area contributed by atoms with Gasteiger partial charge in [-0.05, 0) is 108 Å². The van der Waals surface area contributed by atoms with E-state index in [0.717, 1.165) is 76.9 Å². The lowest BCUT2D eigenvalue weighted by Gasteiger charge is -2.13. The van der Waals surface area contributed by atoms with Gasteiger partial charge in [0.1, 0.15) is 11.2 Å². The smallest absolute Gasteiger partial charge is 0.164 e. The zero-order valence-corrected chi connectivity index (χ0v) is 32.4. The third-order valence-electron chi connectivity index (χ3n) is 11.3. The summed E-state index contributed by atoms with van der Waals surface area (Å²) in [5.41, 5.74) is 8.70. The van der Waals surface area contributed by atoms with Gasteiger partial charge in [0, 0.05) is 27.5 Å².